The number of ether oxygens (including phenoxy) is 1. The van der Waals surface area contributed by atoms with Gasteiger partial charge >= 0.3 is 5.97 Å². The lowest BCUT2D eigenvalue weighted by Crippen LogP contribution is -2.33. The molecule has 1 atom stereocenters. The van der Waals surface area contributed by atoms with Crippen LogP contribution in [0, 0.1) is 0 Å². The van der Waals surface area contributed by atoms with Crippen molar-refractivity contribution in [2.45, 2.75) is 33.4 Å². The summed E-state index contributed by atoms with van der Waals surface area (Å²) in [6.45, 7) is 5.78. The molecule has 0 fully saturated rings. The van der Waals surface area contributed by atoms with Gasteiger partial charge in [-0.05, 0) is 39.0 Å². The van der Waals surface area contributed by atoms with Crippen LogP contribution >= 0.6 is 0 Å². The number of rotatable bonds is 7. The molecule has 5 nitrogen and oxygen atoms in total. The summed E-state index contributed by atoms with van der Waals surface area (Å²) in [6.07, 6.45) is 0. The minimum Gasteiger partial charge on any atom is -0.494 e. The average Bonchev–Trinajstić information content (AvgIpc) is 2.37. The Morgan fingerprint density at radius 3 is 2.63 bits per heavy atom. The Bertz CT molecular complexity index is 471. The van der Waals surface area contributed by atoms with Gasteiger partial charge in [0.25, 0.3) is 0 Å². The van der Waals surface area contributed by atoms with Crippen molar-refractivity contribution >= 4 is 11.8 Å². The molecule has 0 amide bonds. The molecule has 0 aliphatic rings. The largest absolute Gasteiger partial charge is 0.494 e. The van der Waals surface area contributed by atoms with E-state index >= 15 is 0 Å². The number of Topliss-reactive ketones (excluding diaryl/α,β-unsaturated/α-hetero) is 1. The molecule has 0 aliphatic carbocycles. The van der Waals surface area contributed by atoms with Crippen LogP contribution in [-0.2, 0) is 11.3 Å². The highest BCUT2D eigenvalue weighted by Crippen LogP contribution is 2.20. The molecule has 1 aromatic carbocycles. The van der Waals surface area contributed by atoms with Gasteiger partial charge < -0.3 is 15.2 Å². The summed E-state index contributed by atoms with van der Waals surface area (Å²) in [6, 6.07) is 4.52. The van der Waals surface area contributed by atoms with Crippen LogP contribution < -0.4 is 10.1 Å². The Hall–Kier alpha value is -1.88. The van der Waals surface area contributed by atoms with Gasteiger partial charge in [0, 0.05) is 17.7 Å². The van der Waals surface area contributed by atoms with Crippen molar-refractivity contribution < 1.29 is 19.4 Å². The number of ketones is 1. The molecule has 0 aromatic heterocycles. The molecular weight excluding hydrogens is 246 g/mol. The van der Waals surface area contributed by atoms with E-state index in [1.54, 1.807) is 25.1 Å². The van der Waals surface area contributed by atoms with Crippen LogP contribution in [0.1, 0.15) is 36.7 Å². The van der Waals surface area contributed by atoms with Crippen LogP contribution in [0.25, 0.3) is 0 Å². The van der Waals surface area contributed by atoms with E-state index in [0.717, 1.165) is 5.56 Å². The van der Waals surface area contributed by atoms with Crippen LogP contribution in [-0.4, -0.2) is 29.5 Å². The van der Waals surface area contributed by atoms with E-state index in [2.05, 4.69) is 5.32 Å². The molecule has 0 heterocycles. The lowest BCUT2D eigenvalue weighted by Gasteiger charge is -2.14. The molecule has 0 aliphatic heterocycles. The number of carbonyl (C=O) groups is 2. The second kappa shape index (κ2) is 6.89. The summed E-state index contributed by atoms with van der Waals surface area (Å²) in [5.41, 5.74) is 1.37. The third-order valence-electron chi connectivity index (χ3n) is 2.74. The molecule has 0 saturated carbocycles. The van der Waals surface area contributed by atoms with E-state index in [9.17, 15) is 9.59 Å². The van der Waals surface area contributed by atoms with Crippen LogP contribution in [0.15, 0.2) is 18.2 Å². The zero-order valence-corrected chi connectivity index (χ0v) is 11.4. The number of nitrogens with one attached hydrogen (secondary N) is 1. The minimum absolute atomic E-state index is 0.0319. The number of carboxylic acid groups (broad SMARTS) is 1. The fourth-order valence-corrected chi connectivity index (χ4v) is 1.58. The lowest BCUT2D eigenvalue weighted by atomic mass is 10.1. The first-order valence-corrected chi connectivity index (χ1v) is 6.18. The molecule has 0 spiro atoms. The highest BCUT2D eigenvalue weighted by atomic mass is 16.5. The van der Waals surface area contributed by atoms with Gasteiger partial charge in [-0.15, -0.1) is 0 Å². The summed E-state index contributed by atoms with van der Waals surface area (Å²) in [4.78, 5) is 22.1. The molecule has 1 unspecified atom stereocenters. The monoisotopic (exact) mass is 265 g/mol. The Labute approximate surface area is 112 Å². The minimum atomic E-state index is -0.916. The number of hydrogen-bond donors (Lipinski definition) is 2. The average molecular weight is 265 g/mol. The zero-order chi connectivity index (χ0) is 14.4. The standard InChI is InChI=1S/C14H19NO4/c1-4-19-13-6-5-11(10(3)16)7-12(13)8-15-9(2)14(17)18/h5-7,9,15H,4,8H2,1-3H3,(H,17,18). The Morgan fingerprint density at radius 1 is 1.42 bits per heavy atom. The van der Waals surface area contributed by atoms with E-state index in [0.29, 0.717) is 24.5 Å². The molecule has 0 saturated heterocycles. The van der Waals surface area contributed by atoms with Crippen LogP contribution in [0.4, 0.5) is 0 Å². The SMILES string of the molecule is CCOc1ccc(C(C)=O)cc1CNC(C)C(=O)O. The van der Waals surface area contributed by atoms with Gasteiger partial charge in [-0.25, -0.2) is 0 Å². The van der Waals surface area contributed by atoms with Crippen LogP contribution in [0.3, 0.4) is 0 Å². The predicted molar refractivity (Wildman–Crippen MR) is 71.6 cm³/mol. The second-order valence-corrected chi connectivity index (χ2v) is 4.25. The van der Waals surface area contributed by atoms with Gasteiger partial charge in [-0.3, -0.25) is 9.59 Å². The zero-order valence-electron chi connectivity index (χ0n) is 11.4. The number of carboxylic acids is 1. The Kier molecular flexibility index (Phi) is 5.51. The summed E-state index contributed by atoms with van der Waals surface area (Å²) < 4.78 is 5.47. The molecule has 104 valence electrons. The molecule has 2 N–H and O–H groups in total. The first-order chi connectivity index (χ1) is 8.95. The van der Waals surface area contributed by atoms with E-state index in [1.807, 2.05) is 6.92 Å². The molecule has 0 bridgehead atoms. The smallest absolute Gasteiger partial charge is 0.320 e. The molecular formula is C14H19NO4. The van der Waals surface area contributed by atoms with Gasteiger partial charge in [0.05, 0.1) is 6.61 Å². The van der Waals surface area contributed by atoms with Gasteiger partial charge in [-0.1, -0.05) is 0 Å². The number of aliphatic carboxylic acids is 1. The van der Waals surface area contributed by atoms with Crippen molar-refractivity contribution in [1.29, 1.82) is 0 Å². The number of carbonyl (C=O) groups excluding carboxylic acids is 1. The van der Waals surface area contributed by atoms with Crippen molar-refractivity contribution in [3.8, 4) is 5.75 Å². The second-order valence-electron chi connectivity index (χ2n) is 4.25. The van der Waals surface area contributed by atoms with Crippen molar-refractivity contribution in [3.05, 3.63) is 29.3 Å². The quantitative estimate of drug-likeness (QED) is 0.736. The van der Waals surface area contributed by atoms with E-state index < -0.39 is 12.0 Å². The summed E-state index contributed by atoms with van der Waals surface area (Å²) in [7, 11) is 0. The highest BCUT2D eigenvalue weighted by molar-refractivity contribution is 5.94. The maximum atomic E-state index is 11.4. The van der Waals surface area contributed by atoms with E-state index in [-0.39, 0.29) is 5.78 Å². The van der Waals surface area contributed by atoms with Crippen molar-refractivity contribution in [1.82, 2.24) is 5.32 Å². The first-order valence-electron chi connectivity index (χ1n) is 6.18. The third kappa shape index (κ3) is 4.37. The number of hydrogen-bond acceptors (Lipinski definition) is 4. The van der Waals surface area contributed by atoms with Gasteiger partial charge in [0.15, 0.2) is 5.78 Å². The molecule has 5 heteroatoms. The molecule has 0 radical (unpaired) electrons. The molecule has 19 heavy (non-hydrogen) atoms. The normalized spacial score (nSPS) is 11.9. The van der Waals surface area contributed by atoms with Crippen LogP contribution in [0.2, 0.25) is 0 Å². The first kappa shape index (κ1) is 15.2. The summed E-state index contributed by atoms with van der Waals surface area (Å²) in [5, 5.41) is 11.7. The number of benzene rings is 1. The fraction of sp³-hybridized carbons (Fsp3) is 0.429. The predicted octanol–water partition coefficient (Wildman–Crippen LogP) is 1.85. The van der Waals surface area contributed by atoms with Crippen molar-refractivity contribution in [3.63, 3.8) is 0 Å². The van der Waals surface area contributed by atoms with E-state index in [1.165, 1.54) is 6.92 Å². The fourth-order valence-electron chi connectivity index (χ4n) is 1.58. The Morgan fingerprint density at radius 2 is 2.11 bits per heavy atom. The molecule has 1 aromatic rings. The topological polar surface area (TPSA) is 75.6 Å². The van der Waals surface area contributed by atoms with Gasteiger partial charge in [0.1, 0.15) is 11.8 Å². The van der Waals surface area contributed by atoms with Gasteiger partial charge in [-0.2, -0.15) is 0 Å². The maximum absolute atomic E-state index is 11.4. The van der Waals surface area contributed by atoms with Crippen molar-refractivity contribution in [2.75, 3.05) is 6.61 Å². The van der Waals surface area contributed by atoms with Gasteiger partial charge in [0.2, 0.25) is 0 Å². The summed E-state index contributed by atoms with van der Waals surface area (Å²) in [5.74, 6) is -0.283. The molecule has 1 rings (SSSR count). The van der Waals surface area contributed by atoms with Crippen LogP contribution in [0.5, 0.6) is 5.75 Å². The lowest BCUT2D eigenvalue weighted by molar-refractivity contribution is -0.139. The van der Waals surface area contributed by atoms with E-state index in [4.69, 9.17) is 9.84 Å². The maximum Gasteiger partial charge on any atom is 0.320 e. The summed E-state index contributed by atoms with van der Waals surface area (Å²) >= 11 is 0. The Balaban J connectivity index is 2.90. The highest BCUT2D eigenvalue weighted by Gasteiger charge is 2.12. The third-order valence-corrected chi connectivity index (χ3v) is 2.74. The van der Waals surface area contributed by atoms with Crippen molar-refractivity contribution in [2.24, 2.45) is 0 Å².